The maximum atomic E-state index is 13.3. The molecule has 0 aliphatic heterocycles. The fraction of sp³-hybridized carbons (Fsp3) is 0.467. The minimum Gasteiger partial charge on any atom is -0.333 e. The lowest BCUT2D eigenvalue weighted by molar-refractivity contribution is -0.0158. The molecule has 1 aliphatic rings. The zero-order valence-corrected chi connectivity index (χ0v) is 14.1. The van der Waals surface area contributed by atoms with Crippen LogP contribution >= 0.6 is 0 Å². The third-order valence-corrected chi connectivity index (χ3v) is 5.42. The summed E-state index contributed by atoms with van der Waals surface area (Å²) in [6.45, 7) is 4.64. The first kappa shape index (κ1) is 17.0. The van der Waals surface area contributed by atoms with E-state index in [0.29, 0.717) is 6.92 Å². The molecule has 1 heterocycles. The molecule has 6 nitrogen and oxygen atoms in total. The van der Waals surface area contributed by atoms with Gasteiger partial charge in [0.15, 0.2) is 5.82 Å². The van der Waals surface area contributed by atoms with Gasteiger partial charge in [-0.2, -0.15) is 13.8 Å². The Kier molecular flexibility index (Phi) is 3.58. The highest BCUT2D eigenvalue weighted by atomic mass is 32.2. The Balaban J connectivity index is 1.89. The van der Waals surface area contributed by atoms with Crippen LogP contribution in [0.4, 0.5) is 8.78 Å². The van der Waals surface area contributed by atoms with Crippen LogP contribution in [-0.2, 0) is 15.9 Å². The van der Waals surface area contributed by atoms with E-state index in [1.54, 1.807) is 12.1 Å². The van der Waals surface area contributed by atoms with Crippen LogP contribution in [0.25, 0.3) is 0 Å². The molecular weight excluding hydrogens is 340 g/mol. The van der Waals surface area contributed by atoms with Crippen LogP contribution in [-0.4, -0.2) is 18.6 Å². The van der Waals surface area contributed by atoms with Crippen molar-refractivity contribution in [3.63, 3.8) is 0 Å². The van der Waals surface area contributed by atoms with Gasteiger partial charge in [-0.05, 0) is 23.1 Å². The Morgan fingerprint density at radius 1 is 1.21 bits per heavy atom. The molecule has 2 atom stereocenters. The molecule has 130 valence electrons. The summed E-state index contributed by atoms with van der Waals surface area (Å²) < 4.78 is 53.8. The van der Waals surface area contributed by atoms with Crippen molar-refractivity contribution in [1.29, 1.82) is 0 Å². The summed E-state index contributed by atoms with van der Waals surface area (Å²) in [6.07, 6.45) is 0. The van der Waals surface area contributed by atoms with E-state index in [1.807, 2.05) is 13.8 Å². The standard InChI is InChI=1S/C15H17F2N3O3S/c1-14(2)10(8-4-6-9(7-5-8)24(18,21)22)11(14)12-19-13(23-20-12)15(3,16)17/h4-7,10-11H,1-3H3,(H2,18,21,22)/t10-,11+/m0/s1. The van der Waals surface area contributed by atoms with Crippen molar-refractivity contribution >= 4 is 10.0 Å². The summed E-state index contributed by atoms with van der Waals surface area (Å²) in [6, 6.07) is 6.19. The number of rotatable bonds is 4. The van der Waals surface area contributed by atoms with E-state index >= 15 is 0 Å². The summed E-state index contributed by atoms with van der Waals surface area (Å²) in [4.78, 5) is 3.85. The van der Waals surface area contributed by atoms with Crippen LogP contribution in [0.1, 0.15) is 49.9 Å². The van der Waals surface area contributed by atoms with E-state index in [1.165, 1.54) is 12.1 Å². The lowest BCUT2D eigenvalue weighted by Crippen LogP contribution is -2.11. The third kappa shape index (κ3) is 2.82. The number of halogens is 2. The lowest BCUT2D eigenvalue weighted by Gasteiger charge is -2.04. The van der Waals surface area contributed by atoms with Crippen molar-refractivity contribution in [3.8, 4) is 0 Å². The fourth-order valence-corrected chi connectivity index (χ4v) is 3.66. The van der Waals surface area contributed by atoms with Crippen molar-refractivity contribution in [3.05, 3.63) is 41.5 Å². The predicted molar refractivity (Wildman–Crippen MR) is 80.9 cm³/mol. The molecule has 0 saturated heterocycles. The number of hydrogen-bond donors (Lipinski definition) is 1. The van der Waals surface area contributed by atoms with Gasteiger partial charge in [-0.1, -0.05) is 31.1 Å². The van der Waals surface area contributed by atoms with Gasteiger partial charge < -0.3 is 4.52 Å². The summed E-state index contributed by atoms with van der Waals surface area (Å²) in [5, 5.41) is 8.77. The van der Waals surface area contributed by atoms with Crippen molar-refractivity contribution in [2.24, 2.45) is 10.6 Å². The molecule has 9 heteroatoms. The number of sulfonamides is 1. The lowest BCUT2D eigenvalue weighted by atomic mass is 10.0. The predicted octanol–water partition coefficient (Wildman–Crippen LogP) is 2.74. The largest absolute Gasteiger partial charge is 0.333 e. The van der Waals surface area contributed by atoms with E-state index in [2.05, 4.69) is 14.7 Å². The van der Waals surface area contributed by atoms with Crippen LogP contribution in [0.15, 0.2) is 33.7 Å². The smallest absolute Gasteiger partial charge is 0.322 e. The Bertz CT molecular complexity index is 870. The highest BCUT2D eigenvalue weighted by Crippen LogP contribution is 2.69. The monoisotopic (exact) mass is 357 g/mol. The van der Waals surface area contributed by atoms with Gasteiger partial charge in [0.1, 0.15) is 0 Å². The highest BCUT2D eigenvalue weighted by molar-refractivity contribution is 7.89. The zero-order chi connectivity index (χ0) is 17.9. The van der Waals surface area contributed by atoms with Gasteiger partial charge in [-0.3, -0.25) is 0 Å². The summed E-state index contributed by atoms with van der Waals surface area (Å²) in [5.41, 5.74) is 0.611. The molecule has 1 aliphatic carbocycles. The molecule has 0 bridgehead atoms. The third-order valence-electron chi connectivity index (χ3n) is 4.49. The average molecular weight is 357 g/mol. The average Bonchev–Trinajstić information content (AvgIpc) is 2.83. The van der Waals surface area contributed by atoms with Gasteiger partial charge in [-0.25, -0.2) is 13.6 Å². The molecule has 1 aromatic heterocycles. The molecule has 2 N–H and O–H groups in total. The molecule has 0 spiro atoms. The molecule has 0 unspecified atom stereocenters. The quantitative estimate of drug-likeness (QED) is 0.907. The molecule has 2 aromatic rings. The summed E-state index contributed by atoms with van der Waals surface area (Å²) >= 11 is 0. The molecular formula is C15H17F2N3O3S. The molecule has 3 rings (SSSR count). The van der Waals surface area contributed by atoms with E-state index in [9.17, 15) is 17.2 Å². The van der Waals surface area contributed by atoms with Crippen LogP contribution in [0.3, 0.4) is 0 Å². The Morgan fingerprint density at radius 3 is 2.25 bits per heavy atom. The van der Waals surface area contributed by atoms with Crippen molar-refractivity contribution in [2.45, 2.75) is 43.4 Å². The maximum absolute atomic E-state index is 13.3. The first-order chi connectivity index (χ1) is 10.9. The number of alkyl halides is 2. The number of nitrogens with zero attached hydrogens (tertiary/aromatic N) is 2. The zero-order valence-electron chi connectivity index (χ0n) is 13.3. The molecule has 0 radical (unpaired) electrons. The van der Waals surface area contributed by atoms with Gasteiger partial charge in [0.25, 0.3) is 5.89 Å². The van der Waals surface area contributed by atoms with Gasteiger partial charge >= 0.3 is 5.92 Å². The number of hydrogen-bond acceptors (Lipinski definition) is 5. The number of benzene rings is 1. The van der Waals surface area contributed by atoms with Crippen molar-refractivity contribution < 1.29 is 21.7 Å². The Hall–Kier alpha value is -1.87. The minimum absolute atomic E-state index is 0.0220. The highest BCUT2D eigenvalue weighted by Gasteiger charge is 2.61. The molecule has 0 amide bonds. The second kappa shape index (κ2) is 5.06. The Morgan fingerprint density at radius 2 is 1.79 bits per heavy atom. The normalized spacial score (nSPS) is 23.2. The molecule has 1 saturated carbocycles. The first-order valence-corrected chi connectivity index (χ1v) is 8.81. The second-order valence-electron chi connectivity index (χ2n) is 6.74. The number of primary sulfonamides is 1. The van der Waals surface area contributed by atoms with Gasteiger partial charge in [0, 0.05) is 18.8 Å². The molecule has 1 aromatic carbocycles. The van der Waals surface area contributed by atoms with Gasteiger partial charge in [0.05, 0.1) is 4.90 Å². The van der Waals surface area contributed by atoms with Crippen LogP contribution in [0, 0.1) is 5.41 Å². The van der Waals surface area contributed by atoms with Crippen molar-refractivity contribution in [1.82, 2.24) is 10.1 Å². The Labute approximate surface area is 138 Å². The molecule has 24 heavy (non-hydrogen) atoms. The van der Waals surface area contributed by atoms with Gasteiger partial charge in [-0.15, -0.1) is 0 Å². The minimum atomic E-state index is -3.76. The number of nitrogens with two attached hydrogens (primary N) is 1. The van der Waals surface area contributed by atoms with Gasteiger partial charge in [0.2, 0.25) is 10.0 Å². The first-order valence-electron chi connectivity index (χ1n) is 7.27. The van der Waals surface area contributed by atoms with E-state index in [4.69, 9.17) is 5.14 Å². The van der Waals surface area contributed by atoms with E-state index in [-0.39, 0.29) is 28.0 Å². The van der Waals surface area contributed by atoms with Crippen LogP contribution < -0.4 is 5.14 Å². The summed E-state index contributed by atoms with van der Waals surface area (Å²) in [7, 11) is -3.76. The SMILES string of the molecule is CC(F)(F)c1nc([C@H]2[C@H](c3ccc(S(N)(=O)=O)cc3)C2(C)C)no1. The fourth-order valence-electron chi connectivity index (χ4n) is 3.15. The number of aromatic nitrogens is 2. The van der Waals surface area contributed by atoms with E-state index in [0.717, 1.165) is 5.56 Å². The topological polar surface area (TPSA) is 99.1 Å². The van der Waals surface area contributed by atoms with E-state index < -0.39 is 21.8 Å². The maximum Gasteiger partial charge on any atom is 0.322 e. The van der Waals surface area contributed by atoms with Crippen molar-refractivity contribution in [2.75, 3.05) is 0 Å². The summed E-state index contributed by atoms with van der Waals surface area (Å²) in [5.74, 6) is -3.86. The second-order valence-corrected chi connectivity index (χ2v) is 8.30. The van der Waals surface area contributed by atoms with Crippen LogP contribution in [0.2, 0.25) is 0 Å². The van der Waals surface area contributed by atoms with Crippen LogP contribution in [0.5, 0.6) is 0 Å². The molecule has 1 fully saturated rings.